The first-order valence-electron chi connectivity index (χ1n) is 6.87. The Labute approximate surface area is 120 Å². The summed E-state index contributed by atoms with van der Waals surface area (Å²) in [5.74, 6) is 0.597. The Morgan fingerprint density at radius 3 is 2.80 bits per heavy atom. The molecule has 3 N–H and O–H groups in total. The number of nitrogen functional groups attached to an aromatic ring is 1. The van der Waals surface area contributed by atoms with Gasteiger partial charge in [-0.05, 0) is 51.4 Å². The SMILES string of the molecule is CN1CCC(CCNS(=O)(=O)c2cnccc2N)CC1. The first-order chi connectivity index (χ1) is 9.49. The maximum atomic E-state index is 12.1. The number of likely N-dealkylation sites (tertiary alicyclic amines) is 1. The van der Waals surface area contributed by atoms with Crippen molar-refractivity contribution in [2.24, 2.45) is 5.92 Å². The van der Waals surface area contributed by atoms with E-state index in [1.165, 1.54) is 18.5 Å². The van der Waals surface area contributed by atoms with Crippen LogP contribution in [0.4, 0.5) is 5.69 Å². The second-order valence-electron chi connectivity index (χ2n) is 5.35. The van der Waals surface area contributed by atoms with Crippen LogP contribution in [0.5, 0.6) is 0 Å². The highest BCUT2D eigenvalue weighted by atomic mass is 32.2. The fourth-order valence-electron chi connectivity index (χ4n) is 2.44. The van der Waals surface area contributed by atoms with Gasteiger partial charge in [-0.25, -0.2) is 13.1 Å². The third kappa shape index (κ3) is 3.91. The minimum atomic E-state index is -3.55. The largest absolute Gasteiger partial charge is 0.398 e. The Hall–Kier alpha value is -1.18. The Balaban J connectivity index is 1.86. The van der Waals surface area contributed by atoms with E-state index < -0.39 is 10.0 Å². The van der Waals surface area contributed by atoms with Crippen molar-refractivity contribution < 1.29 is 8.42 Å². The Morgan fingerprint density at radius 1 is 1.45 bits per heavy atom. The number of nitrogens with zero attached hydrogens (tertiary/aromatic N) is 2. The summed E-state index contributed by atoms with van der Waals surface area (Å²) in [5.41, 5.74) is 5.90. The molecule has 1 aliphatic rings. The van der Waals surface area contributed by atoms with Crippen molar-refractivity contribution in [1.82, 2.24) is 14.6 Å². The quantitative estimate of drug-likeness (QED) is 0.834. The molecule has 112 valence electrons. The molecule has 2 heterocycles. The molecule has 1 aromatic rings. The molecule has 1 aromatic heterocycles. The molecular weight excluding hydrogens is 276 g/mol. The zero-order valence-electron chi connectivity index (χ0n) is 11.7. The minimum absolute atomic E-state index is 0.0587. The van der Waals surface area contributed by atoms with Crippen molar-refractivity contribution in [1.29, 1.82) is 0 Å². The molecular formula is C13H22N4O2S. The molecule has 0 radical (unpaired) electrons. The van der Waals surface area contributed by atoms with Crippen LogP contribution in [0.1, 0.15) is 19.3 Å². The van der Waals surface area contributed by atoms with E-state index in [0.717, 1.165) is 32.4 Å². The van der Waals surface area contributed by atoms with Gasteiger partial charge in [0.15, 0.2) is 0 Å². The summed E-state index contributed by atoms with van der Waals surface area (Å²) >= 11 is 0. The first kappa shape index (κ1) is 15.2. The van der Waals surface area contributed by atoms with E-state index >= 15 is 0 Å². The van der Waals surface area contributed by atoms with Crippen LogP contribution in [0.2, 0.25) is 0 Å². The molecule has 0 aliphatic carbocycles. The van der Waals surface area contributed by atoms with Crippen LogP contribution in [-0.2, 0) is 10.0 Å². The number of nitrogens with one attached hydrogen (secondary N) is 1. The van der Waals surface area contributed by atoms with Crippen molar-refractivity contribution in [3.05, 3.63) is 18.5 Å². The summed E-state index contributed by atoms with van der Waals surface area (Å²) in [6.07, 6.45) is 5.90. The number of sulfonamides is 1. The summed E-state index contributed by atoms with van der Waals surface area (Å²) in [6, 6.07) is 1.49. The number of hydrogen-bond acceptors (Lipinski definition) is 5. The third-order valence-electron chi connectivity index (χ3n) is 3.79. The van der Waals surface area contributed by atoms with Gasteiger partial charge in [-0.2, -0.15) is 0 Å². The van der Waals surface area contributed by atoms with Gasteiger partial charge in [0, 0.05) is 18.9 Å². The lowest BCUT2D eigenvalue weighted by Crippen LogP contribution is -2.32. The van der Waals surface area contributed by atoms with Gasteiger partial charge in [0.1, 0.15) is 4.90 Å². The van der Waals surface area contributed by atoms with Crippen molar-refractivity contribution in [2.45, 2.75) is 24.2 Å². The molecule has 0 bridgehead atoms. The monoisotopic (exact) mass is 298 g/mol. The van der Waals surface area contributed by atoms with Crippen molar-refractivity contribution in [3.8, 4) is 0 Å². The molecule has 6 nitrogen and oxygen atoms in total. The van der Waals surface area contributed by atoms with Gasteiger partial charge in [-0.1, -0.05) is 0 Å². The summed E-state index contributed by atoms with van der Waals surface area (Å²) < 4.78 is 26.8. The highest BCUT2D eigenvalue weighted by molar-refractivity contribution is 7.89. The predicted molar refractivity (Wildman–Crippen MR) is 78.7 cm³/mol. The standard InChI is InChI=1S/C13H22N4O2S/c1-17-8-4-11(5-9-17)2-7-16-20(18,19)13-10-15-6-3-12(13)14/h3,6,10-11,16H,2,4-5,7-9H2,1H3,(H2,14,15). The second-order valence-corrected chi connectivity index (χ2v) is 7.08. The van der Waals surface area contributed by atoms with Crippen LogP contribution in [0, 0.1) is 5.92 Å². The van der Waals surface area contributed by atoms with Gasteiger partial charge in [0.2, 0.25) is 10.0 Å². The summed E-state index contributed by atoms with van der Waals surface area (Å²) in [7, 11) is -1.44. The van der Waals surface area contributed by atoms with Crippen LogP contribution < -0.4 is 10.5 Å². The molecule has 20 heavy (non-hydrogen) atoms. The molecule has 7 heteroatoms. The molecule has 1 aliphatic heterocycles. The average Bonchev–Trinajstić information content (AvgIpc) is 2.41. The fourth-order valence-corrected chi connectivity index (χ4v) is 3.56. The van der Waals surface area contributed by atoms with Gasteiger partial charge in [0.05, 0.1) is 5.69 Å². The molecule has 0 saturated carbocycles. The topological polar surface area (TPSA) is 88.3 Å². The molecule has 2 rings (SSSR count). The number of nitrogens with two attached hydrogens (primary N) is 1. The lowest BCUT2D eigenvalue weighted by Gasteiger charge is -2.28. The van der Waals surface area contributed by atoms with Gasteiger partial charge >= 0.3 is 0 Å². The Morgan fingerprint density at radius 2 is 2.15 bits per heavy atom. The molecule has 0 spiro atoms. The number of pyridine rings is 1. The van der Waals surface area contributed by atoms with Crippen molar-refractivity contribution in [2.75, 3.05) is 32.4 Å². The highest BCUT2D eigenvalue weighted by Crippen LogP contribution is 2.20. The van der Waals surface area contributed by atoms with Crippen molar-refractivity contribution >= 4 is 15.7 Å². The van der Waals surface area contributed by atoms with E-state index in [9.17, 15) is 8.42 Å². The van der Waals surface area contributed by atoms with E-state index in [0.29, 0.717) is 12.5 Å². The minimum Gasteiger partial charge on any atom is -0.398 e. The van der Waals surface area contributed by atoms with E-state index in [4.69, 9.17) is 5.73 Å². The molecule has 1 saturated heterocycles. The molecule has 0 unspecified atom stereocenters. The number of aromatic nitrogens is 1. The van der Waals surface area contributed by atoms with Gasteiger partial charge < -0.3 is 10.6 Å². The third-order valence-corrected chi connectivity index (χ3v) is 5.29. The van der Waals surface area contributed by atoms with Crippen LogP contribution in [0.3, 0.4) is 0 Å². The number of piperidine rings is 1. The summed E-state index contributed by atoms with van der Waals surface area (Å²) in [5, 5.41) is 0. The number of anilines is 1. The van der Waals surface area contributed by atoms with Gasteiger partial charge in [-0.3, -0.25) is 4.98 Å². The van der Waals surface area contributed by atoms with Crippen LogP contribution >= 0.6 is 0 Å². The highest BCUT2D eigenvalue weighted by Gasteiger charge is 2.20. The smallest absolute Gasteiger partial charge is 0.244 e. The zero-order chi connectivity index (χ0) is 14.6. The van der Waals surface area contributed by atoms with E-state index in [1.54, 1.807) is 0 Å². The summed E-state index contributed by atoms with van der Waals surface area (Å²) in [4.78, 5) is 6.17. The van der Waals surface area contributed by atoms with Gasteiger partial charge in [-0.15, -0.1) is 0 Å². The van der Waals surface area contributed by atoms with Gasteiger partial charge in [0.25, 0.3) is 0 Å². The van der Waals surface area contributed by atoms with E-state index in [1.807, 2.05) is 0 Å². The summed E-state index contributed by atoms with van der Waals surface area (Å²) in [6.45, 7) is 2.63. The van der Waals surface area contributed by atoms with E-state index in [2.05, 4.69) is 21.7 Å². The van der Waals surface area contributed by atoms with Crippen LogP contribution in [0.15, 0.2) is 23.4 Å². The molecule has 0 amide bonds. The van der Waals surface area contributed by atoms with E-state index in [-0.39, 0.29) is 10.6 Å². The maximum Gasteiger partial charge on any atom is 0.244 e. The average molecular weight is 298 g/mol. The van der Waals surface area contributed by atoms with Crippen molar-refractivity contribution in [3.63, 3.8) is 0 Å². The van der Waals surface area contributed by atoms with Crippen LogP contribution in [-0.4, -0.2) is 45.0 Å². The second kappa shape index (κ2) is 6.51. The number of hydrogen-bond donors (Lipinski definition) is 2. The zero-order valence-corrected chi connectivity index (χ0v) is 12.6. The predicted octanol–water partition coefficient (Wildman–Crippen LogP) is 0.674. The number of rotatable bonds is 5. The lowest BCUT2D eigenvalue weighted by molar-refractivity contribution is 0.213. The Kier molecular flexibility index (Phi) is 4.95. The molecule has 0 aromatic carbocycles. The fraction of sp³-hybridized carbons (Fsp3) is 0.615. The molecule has 0 atom stereocenters. The Bertz CT molecular complexity index is 539. The maximum absolute atomic E-state index is 12.1. The normalized spacial score (nSPS) is 18.2. The lowest BCUT2D eigenvalue weighted by atomic mass is 9.94. The first-order valence-corrected chi connectivity index (χ1v) is 8.35. The van der Waals surface area contributed by atoms with Crippen LogP contribution in [0.25, 0.3) is 0 Å². The molecule has 1 fully saturated rings.